The van der Waals surface area contributed by atoms with E-state index in [0.717, 1.165) is 5.69 Å². The molecule has 14 heavy (non-hydrogen) atoms. The number of hydrazone groups is 2. The van der Waals surface area contributed by atoms with Gasteiger partial charge in [0.25, 0.3) is 0 Å². The summed E-state index contributed by atoms with van der Waals surface area (Å²) in [7, 11) is 1.87. The Bertz CT molecular complexity index is 329. The number of nitrogens with two attached hydrogens (primary N) is 1. The molecule has 1 rings (SSSR count). The van der Waals surface area contributed by atoms with Crippen molar-refractivity contribution in [3.63, 3.8) is 0 Å². The maximum Gasteiger partial charge on any atom is 0.0769 e. The number of nitrogens with zero attached hydrogens (tertiary/aromatic N) is 3. The second-order valence-electron chi connectivity index (χ2n) is 2.87. The first kappa shape index (κ1) is 10.2. The monoisotopic (exact) mass is 190 g/mol. The van der Waals surface area contributed by atoms with Crippen LogP contribution in [0.25, 0.3) is 0 Å². The standard InChI is InChI=1S/C10H14N4/c1-9(13-11)8-12-14(2)10-6-4-3-5-7-10/h3-8H,11H2,1-2H3/b12-8+,13-9+. The Morgan fingerprint density at radius 1 is 1.36 bits per heavy atom. The molecule has 0 saturated heterocycles. The Morgan fingerprint density at radius 3 is 2.57 bits per heavy atom. The average molecular weight is 190 g/mol. The third-order valence-corrected chi connectivity index (χ3v) is 1.75. The van der Waals surface area contributed by atoms with Gasteiger partial charge in [-0.15, -0.1) is 0 Å². The van der Waals surface area contributed by atoms with E-state index in [1.165, 1.54) is 0 Å². The normalized spacial score (nSPS) is 12.0. The minimum absolute atomic E-state index is 0.688. The first-order chi connectivity index (χ1) is 6.74. The molecular weight excluding hydrogens is 176 g/mol. The highest BCUT2D eigenvalue weighted by Gasteiger charge is 1.94. The van der Waals surface area contributed by atoms with Crippen LogP contribution in [-0.2, 0) is 0 Å². The Hall–Kier alpha value is -1.84. The molecule has 0 radical (unpaired) electrons. The second kappa shape index (κ2) is 5.01. The quantitative estimate of drug-likeness (QED) is 0.445. The van der Waals surface area contributed by atoms with Crippen LogP contribution in [0, 0.1) is 0 Å². The number of para-hydroxylation sites is 1. The Balaban J connectivity index is 2.68. The van der Waals surface area contributed by atoms with Crippen LogP contribution in [-0.4, -0.2) is 19.0 Å². The lowest BCUT2D eigenvalue weighted by molar-refractivity contribution is 1.03. The minimum atomic E-state index is 0.688. The van der Waals surface area contributed by atoms with Gasteiger partial charge in [0, 0.05) is 7.05 Å². The van der Waals surface area contributed by atoms with Crippen LogP contribution in [0.15, 0.2) is 40.5 Å². The van der Waals surface area contributed by atoms with Crippen LogP contribution >= 0.6 is 0 Å². The lowest BCUT2D eigenvalue weighted by Gasteiger charge is -2.11. The fourth-order valence-electron chi connectivity index (χ4n) is 0.914. The molecule has 0 aromatic heterocycles. The molecule has 0 fully saturated rings. The van der Waals surface area contributed by atoms with Crippen LogP contribution in [0.2, 0.25) is 0 Å². The molecule has 0 aliphatic heterocycles. The Labute approximate surface area is 83.7 Å². The van der Waals surface area contributed by atoms with E-state index in [9.17, 15) is 0 Å². The molecule has 4 heteroatoms. The van der Waals surface area contributed by atoms with Gasteiger partial charge in [0.1, 0.15) is 0 Å². The van der Waals surface area contributed by atoms with Gasteiger partial charge in [-0.1, -0.05) is 18.2 Å². The highest BCUT2D eigenvalue weighted by Crippen LogP contribution is 2.10. The van der Waals surface area contributed by atoms with E-state index < -0.39 is 0 Å². The summed E-state index contributed by atoms with van der Waals surface area (Å²) in [5.74, 6) is 5.08. The maximum absolute atomic E-state index is 5.08. The summed E-state index contributed by atoms with van der Waals surface area (Å²) in [6, 6.07) is 9.85. The molecule has 2 N–H and O–H groups in total. The van der Waals surface area contributed by atoms with E-state index in [1.807, 2.05) is 37.4 Å². The van der Waals surface area contributed by atoms with Gasteiger partial charge in [-0.2, -0.15) is 10.2 Å². The van der Waals surface area contributed by atoms with E-state index in [1.54, 1.807) is 18.1 Å². The van der Waals surface area contributed by atoms with Gasteiger partial charge in [-0.05, 0) is 19.1 Å². The average Bonchev–Trinajstić information content (AvgIpc) is 2.26. The third kappa shape index (κ3) is 2.90. The molecule has 0 unspecified atom stereocenters. The molecule has 0 amide bonds. The fraction of sp³-hybridized carbons (Fsp3) is 0.200. The largest absolute Gasteiger partial charge is 0.323 e. The second-order valence-corrected chi connectivity index (χ2v) is 2.87. The molecule has 74 valence electrons. The number of benzene rings is 1. The van der Waals surface area contributed by atoms with Crippen molar-refractivity contribution in [1.82, 2.24) is 0 Å². The summed E-state index contributed by atoms with van der Waals surface area (Å²) >= 11 is 0. The van der Waals surface area contributed by atoms with E-state index in [2.05, 4.69) is 10.2 Å². The van der Waals surface area contributed by atoms with E-state index in [-0.39, 0.29) is 0 Å². The number of hydrogen-bond donors (Lipinski definition) is 1. The van der Waals surface area contributed by atoms with Crippen molar-refractivity contribution in [2.45, 2.75) is 6.92 Å². The molecule has 4 nitrogen and oxygen atoms in total. The Kier molecular flexibility index (Phi) is 3.67. The van der Waals surface area contributed by atoms with Gasteiger partial charge in [-0.3, -0.25) is 5.01 Å². The minimum Gasteiger partial charge on any atom is -0.323 e. The summed E-state index contributed by atoms with van der Waals surface area (Å²) in [5.41, 5.74) is 1.71. The molecular formula is C10H14N4. The van der Waals surface area contributed by atoms with Crippen molar-refractivity contribution in [2.24, 2.45) is 16.0 Å². The highest BCUT2D eigenvalue weighted by molar-refractivity contribution is 6.29. The molecule has 1 aromatic carbocycles. The molecule has 0 saturated carbocycles. The van der Waals surface area contributed by atoms with Crippen LogP contribution < -0.4 is 10.9 Å². The molecule has 1 aromatic rings. The van der Waals surface area contributed by atoms with Crippen molar-refractivity contribution < 1.29 is 0 Å². The predicted molar refractivity (Wildman–Crippen MR) is 60.6 cm³/mol. The van der Waals surface area contributed by atoms with Crippen LogP contribution in [0.4, 0.5) is 5.69 Å². The molecule has 0 aliphatic rings. The zero-order chi connectivity index (χ0) is 10.4. The number of hydrogen-bond acceptors (Lipinski definition) is 4. The first-order valence-corrected chi connectivity index (χ1v) is 4.31. The van der Waals surface area contributed by atoms with Crippen molar-refractivity contribution in [3.05, 3.63) is 30.3 Å². The van der Waals surface area contributed by atoms with Gasteiger partial charge in [0.15, 0.2) is 0 Å². The van der Waals surface area contributed by atoms with Gasteiger partial charge in [-0.25, -0.2) is 0 Å². The smallest absolute Gasteiger partial charge is 0.0769 e. The number of anilines is 1. The maximum atomic E-state index is 5.08. The van der Waals surface area contributed by atoms with Gasteiger partial charge in [0.05, 0.1) is 17.6 Å². The van der Waals surface area contributed by atoms with Crippen LogP contribution in [0.5, 0.6) is 0 Å². The predicted octanol–water partition coefficient (Wildman–Crippen LogP) is 1.44. The van der Waals surface area contributed by atoms with Crippen molar-refractivity contribution in [1.29, 1.82) is 0 Å². The number of rotatable bonds is 3. The van der Waals surface area contributed by atoms with Crippen molar-refractivity contribution >= 4 is 17.6 Å². The summed E-state index contributed by atoms with van der Waals surface area (Å²) in [6.07, 6.45) is 1.62. The van der Waals surface area contributed by atoms with E-state index in [0.29, 0.717) is 5.71 Å². The van der Waals surface area contributed by atoms with Gasteiger partial charge < -0.3 is 5.84 Å². The molecule has 0 spiro atoms. The summed E-state index contributed by atoms with van der Waals surface area (Å²) < 4.78 is 0. The lowest BCUT2D eigenvalue weighted by atomic mass is 10.3. The molecule has 0 aliphatic carbocycles. The molecule has 0 atom stereocenters. The topological polar surface area (TPSA) is 54.0 Å². The fourth-order valence-corrected chi connectivity index (χ4v) is 0.914. The summed E-state index contributed by atoms with van der Waals surface area (Å²) in [6.45, 7) is 1.79. The van der Waals surface area contributed by atoms with Gasteiger partial charge in [0.2, 0.25) is 0 Å². The summed E-state index contributed by atoms with van der Waals surface area (Å²) in [4.78, 5) is 0. The SMILES string of the molecule is CC(/C=N/N(C)c1ccccc1)=N\N. The van der Waals surface area contributed by atoms with Crippen molar-refractivity contribution in [2.75, 3.05) is 12.1 Å². The zero-order valence-corrected chi connectivity index (χ0v) is 8.38. The zero-order valence-electron chi connectivity index (χ0n) is 8.38. The lowest BCUT2D eigenvalue weighted by Crippen LogP contribution is -2.10. The summed E-state index contributed by atoms with van der Waals surface area (Å²) in [5, 5.41) is 9.42. The van der Waals surface area contributed by atoms with E-state index in [4.69, 9.17) is 5.84 Å². The van der Waals surface area contributed by atoms with Crippen molar-refractivity contribution in [3.8, 4) is 0 Å². The van der Waals surface area contributed by atoms with Gasteiger partial charge >= 0.3 is 0 Å². The highest BCUT2D eigenvalue weighted by atomic mass is 15.4. The van der Waals surface area contributed by atoms with E-state index >= 15 is 0 Å². The third-order valence-electron chi connectivity index (χ3n) is 1.75. The molecule has 0 heterocycles. The van der Waals surface area contributed by atoms with Crippen LogP contribution in [0.1, 0.15) is 6.92 Å². The first-order valence-electron chi connectivity index (χ1n) is 4.31. The van der Waals surface area contributed by atoms with Crippen LogP contribution in [0.3, 0.4) is 0 Å². The molecule has 0 bridgehead atoms. The Morgan fingerprint density at radius 2 is 2.00 bits per heavy atom.